The van der Waals surface area contributed by atoms with Crippen LogP contribution in [-0.2, 0) is 9.53 Å². The van der Waals surface area contributed by atoms with Crippen LogP contribution >= 0.6 is 11.8 Å². The molecule has 1 N–H and O–H groups in total. The van der Waals surface area contributed by atoms with Gasteiger partial charge in [-0.1, -0.05) is 24.6 Å². The fourth-order valence-electron chi connectivity index (χ4n) is 2.12. The van der Waals surface area contributed by atoms with Crippen LogP contribution < -0.4 is 5.32 Å². The van der Waals surface area contributed by atoms with Crippen LogP contribution in [-0.4, -0.2) is 30.9 Å². The number of methoxy groups -OCH3 is 1. The summed E-state index contributed by atoms with van der Waals surface area (Å²) in [5.74, 6) is 0.699. The van der Waals surface area contributed by atoms with Gasteiger partial charge in [0.15, 0.2) is 0 Å². The van der Waals surface area contributed by atoms with Crippen LogP contribution in [0.3, 0.4) is 0 Å². The first-order chi connectivity index (χ1) is 9.92. The first-order valence-corrected chi connectivity index (χ1v) is 8.45. The fourth-order valence-corrected chi connectivity index (χ4v) is 3.41. The van der Waals surface area contributed by atoms with Crippen molar-refractivity contribution in [2.24, 2.45) is 0 Å². The van der Waals surface area contributed by atoms with E-state index in [9.17, 15) is 4.79 Å². The van der Waals surface area contributed by atoms with Crippen LogP contribution in [0.2, 0.25) is 0 Å². The van der Waals surface area contributed by atoms with Crippen LogP contribution in [0.5, 0.6) is 0 Å². The second-order valence-corrected chi connectivity index (χ2v) is 6.75. The van der Waals surface area contributed by atoms with Gasteiger partial charge in [-0.2, -0.15) is 0 Å². The van der Waals surface area contributed by atoms with Crippen molar-refractivity contribution in [3.8, 4) is 0 Å². The molecule has 118 valence electrons. The van der Waals surface area contributed by atoms with E-state index in [0.29, 0.717) is 0 Å². The summed E-state index contributed by atoms with van der Waals surface area (Å²) in [6.07, 6.45) is 1.74. The molecule has 0 saturated carbocycles. The van der Waals surface area contributed by atoms with Gasteiger partial charge in [-0.15, -0.1) is 11.8 Å². The third-order valence-electron chi connectivity index (χ3n) is 3.60. The molecule has 0 aliphatic rings. The Kier molecular flexibility index (Phi) is 7.26. The number of nitrogens with one attached hydrogen (secondary N) is 1. The van der Waals surface area contributed by atoms with Gasteiger partial charge in [0.25, 0.3) is 0 Å². The van der Waals surface area contributed by atoms with Crippen LogP contribution in [0.4, 0.5) is 0 Å². The molecule has 0 radical (unpaired) electrons. The molecular formula is C17H27NO2S. The molecule has 21 heavy (non-hydrogen) atoms. The third-order valence-corrected chi connectivity index (χ3v) is 4.76. The highest BCUT2D eigenvalue weighted by atomic mass is 32.2. The molecule has 0 amide bonds. The largest absolute Gasteiger partial charge is 0.468 e. The minimum atomic E-state index is -0.602. The van der Waals surface area contributed by atoms with Gasteiger partial charge in [-0.25, -0.2) is 0 Å². The van der Waals surface area contributed by atoms with Crippen molar-refractivity contribution < 1.29 is 9.53 Å². The van der Waals surface area contributed by atoms with Gasteiger partial charge in [0.2, 0.25) is 0 Å². The van der Waals surface area contributed by atoms with Crippen LogP contribution in [0, 0.1) is 13.8 Å². The minimum Gasteiger partial charge on any atom is -0.468 e. The molecule has 0 saturated heterocycles. The summed E-state index contributed by atoms with van der Waals surface area (Å²) in [6, 6.07) is 6.47. The summed E-state index contributed by atoms with van der Waals surface area (Å²) >= 11 is 1.80. The van der Waals surface area contributed by atoms with Gasteiger partial charge in [-0.05, 0) is 51.8 Å². The predicted octanol–water partition coefficient (Wildman–Crippen LogP) is 3.72. The molecule has 0 fully saturated rings. The maximum absolute atomic E-state index is 12.0. The zero-order valence-corrected chi connectivity index (χ0v) is 14.6. The Bertz CT molecular complexity index is 476. The topological polar surface area (TPSA) is 38.3 Å². The average molecular weight is 309 g/mol. The van der Waals surface area contributed by atoms with Crippen LogP contribution in [0.15, 0.2) is 23.1 Å². The molecule has 0 aliphatic carbocycles. The van der Waals surface area contributed by atoms with Gasteiger partial charge in [0.05, 0.1) is 7.11 Å². The quantitative estimate of drug-likeness (QED) is 0.587. The highest BCUT2D eigenvalue weighted by Gasteiger charge is 2.33. The highest BCUT2D eigenvalue weighted by molar-refractivity contribution is 7.99. The smallest absolute Gasteiger partial charge is 0.325 e. The third kappa shape index (κ3) is 5.36. The molecule has 1 aromatic carbocycles. The lowest BCUT2D eigenvalue weighted by Crippen LogP contribution is -2.50. The Hall–Kier alpha value is -1.00. The number of hydrogen-bond donors (Lipinski definition) is 1. The van der Waals surface area contributed by atoms with E-state index in [1.54, 1.807) is 11.8 Å². The molecule has 0 bridgehead atoms. The highest BCUT2D eigenvalue weighted by Crippen LogP contribution is 2.26. The van der Waals surface area contributed by atoms with Crippen molar-refractivity contribution in [3.05, 3.63) is 29.3 Å². The van der Waals surface area contributed by atoms with Gasteiger partial charge in [0.1, 0.15) is 5.54 Å². The van der Waals surface area contributed by atoms with Crippen molar-refractivity contribution in [2.75, 3.05) is 19.4 Å². The molecular weight excluding hydrogens is 282 g/mol. The number of hydrogen-bond acceptors (Lipinski definition) is 4. The van der Waals surface area contributed by atoms with Gasteiger partial charge in [0, 0.05) is 10.6 Å². The number of benzene rings is 1. The molecule has 0 aliphatic heterocycles. The number of esters is 1. The van der Waals surface area contributed by atoms with Gasteiger partial charge < -0.3 is 10.1 Å². The number of carbonyl (C=O) groups is 1. The molecule has 0 spiro atoms. The summed E-state index contributed by atoms with van der Waals surface area (Å²) in [5.41, 5.74) is 1.95. The predicted molar refractivity (Wildman–Crippen MR) is 90.0 cm³/mol. The number of rotatable bonds is 8. The number of aryl methyl sites for hydroxylation is 2. The van der Waals surface area contributed by atoms with E-state index >= 15 is 0 Å². The first kappa shape index (κ1) is 18.1. The molecule has 1 unspecified atom stereocenters. The maximum Gasteiger partial charge on any atom is 0.325 e. The van der Waals surface area contributed by atoms with E-state index in [1.165, 1.54) is 23.1 Å². The molecule has 1 atom stereocenters. The maximum atomic E-state index is 12.0. The molecule has 4 heteroatoms. The second kappa shape index (κ2) is 8.44. The van der Waals surface area contributed by atoms with Crippen molar-refractivity contribution in [2.45, 2.75) is 51.0 Å². The zero-order chi connectivity index (χ0) is 15.9. The Labute approximate surface area is 132 Å². The lowest BCUT2D eigenvalue weighted by molar-refractivity contribution is -0.148. The lowest BCUT2D eigenvalue weighted by Gasteiger charge is -2.28. The Morgan fingerprint density at radius 1 is 1.38 bits per heavy atom. The monoisotopic (exact) mass is 309 g/mol. The summed E-state index contributed by atoms with van der Waals surface area (Å²) in [5, 5.41) is 3.32. The standard InChI is InChI=1S/C17H27NO2S/c1-6-10-18-17(4,16(19)20-5)9-11-21-15-12-13(2)7-8-14(15)3/h7-8,12,18H,6,9-11H2,1-5H3. The molecule has 3 nitrogen and oxygen atoms in total. The summed E-state index contributed by atoms with van der Waals surface area (Å²) in [4.78, 5) is 13.3. The first-order valence-electron chi connectivity index (χ1n) is 7.46. The van der Waals surface area contributed by atoms with Gasteiger partial charge >= 0.3 is 5.97 Å². The minimum absolute atomic E-state index is 0.183. The molecule has 0 aromatic heterocycles. The Morgan fingerprint density at radius 3 is 2.71 bits per heavy atom. The number of carbonyl (C=O) groups excluding carboxylic acids is 1. The van der Waals surface area contributed by atoms with E-state index in [-0.39, 0.29) is 5.97 Å². The van der Waals surface area contributed by atoms with Crippen molar-refractivity contribution in [3.63, 3.8) is 0 Å². The fraction of sp³-hybridized carbons (Fsp3) is 0.588. The number of thioether (sulfide) groups is 1. The zero-order valence-electron chi connectivity index (χ0n) is 13.8. The van der Waals surface area contributed by atoms with Crippen LogP contribution in [0.25, 0.3) is 0 Å². The van der Waals surface area contributed by atoms with Crippen molar-refractivity contribution in [1.82, 2.24) is 5.32 Å². The van der Waals surface area contributed by atoms with E-state index in [1.807, 2.05) is 6.92 Å². The van der Waals surface area contributed by atoms with E-state index in [2.05, 4.69) is 44.3 Å². The second-order valence-electron chi connectivity index (χ2n) is 5.62. The Balaban J connectivity index is 2.64. The normalized spacial score (nSPS) is 13.8. The number of ether oxygens (including phenoxy) is 1. The average Bonchev–Trinajstić information content (AvgIpc) is 2.47. The van der Waals surface area contributed by atoms with Crippen LogP contribution in [0.1, 0.15) is 37.8 Å². The van der Waals surface area contributed by atoms with Crippen molar-refractivity contribution >= 4 is 17.7 Å². The van der Waals surface area contributed by atoms with E-state index in [0.717, 1.165) is 25.1 Å². The summed E-state index contributed by atoms with van der Waals surface area (Å²) in [6.45, 7) is 9.06. The van der Waals surface area contributed by atoms with Crippen molar-refractivity contribution in [1.29, 1.82) is 0 Å². The summed E-state index contributed by atoms with van der Waals surface area (Å²) in [7, 11) is 1.45. The Morgan fingerprint density at radius 2 is 2.10 bits per heavy atom. The van der Waals surface area contributed by atoms with E-state index < -0.39 is 5.54 Å². The van der Waals surface area contributed by atoms with E-state index in [4.69, 9.17) is 4.74 Å². The SMILES string of the molecule is CCCNC(C)(CCSc1cc(C)ccc1C)C(=O)OC. The van der Waals surface area contributed by atoms with Gasteiger partial charge in [-0.3, -0.25) is 4.79 Å². The molecule has 1 aromatic rings. The lowest BCUT2D eigenvalue weighted by atomic mass is 9.99. The molecule has 0 heterocycles. The summed E-state index contributed by atoms with van der Waals surface area (Å²) < 4.78 is 4.95. The molecule has 1 rings (SSSR count).